The number of thioether (sulfide) groups is 1. The molecule has 1 amide bonds. The summed E-state index contributed by atoms with van der Waals surface area (Å²) in [7, 11) is 0. The Hall–Kier alpha value is -1.07. The second-order valence-electron chi connectivity index (χ2n) is 4.77. The molecule has 1 aromatic heterocycles. The van der Waals surface area contributed by atoms with Gasteiger partial charge in [0.25, 0.3) is 0 Å². The van der Waals surface area contributed by atoms with E-state index in [9.17, 15) is 4.79 Å². The van der Waals surface area contributed by atoms with Crippen molar-refractivity contribution in [3.8, 4) is 0 Å². The number of nitrogens with two attached hydrogens (primary N) is 1. The molecule has 0 aliphatic heterocycles. The third-order valence-corrected chi connectivity index (χ3v) is 3.56. The highest BCUT2D eigenvalue weighted by Crippen LogP contribution is 2.10. The summed E-state index contributed by atoms with van der Waals surface area (Å²) in [5.41, 5.74) is 6.86. The smallest absolute Gasteiger partial charge is 0.240 e. The van der Waals surface area contributed by atoms with E-state index in [4.69, 9.17) is 5.73 Å². The molecule has 0 spiro atoms. The van der Waals surface area contributed by atoms with Crippen LogP contribution < -0.4 is 5.73 Å². The van der Waals surface area contributed by atoms with Gasteiger partial charge in [0.1, 0.15) is 0 Å². The summed E-state index contributed by atoms with van der Waals surface area (Å²) >= 11 is 1.71. The number of rotatable bonds is 7. The first-order valence-corrected chi connectivity index (χ1v) is 7.90. The Morgan fingerprint density at radius 3 is 2.74 bits per heavy atom. The van der Waals surface area contributed by atoms with Gasteiger partial charge in [0.2, 0.25) is 5.91 Å². The molecule has 1 heterocycles. The molecule has 106 valence electrons. The number of pyridine rings is 1. The molecule has 0 unspecified atom stereocenters. The summed E-state index contributed by atoms with van der Waals surface area (Å²) < 4.78 is 0. The second-order valence-corrected chi connectivity index (χ2v) is 5.75. The predicted octanol–water partition coefficient (Wildman–Crippen LogP) is 1.90. The van der Waals surface area contributed by atoms with Gasteiger partial charge < -0.3 is 10.6 Å². The van der Waals surface area contributed by atoms with Gasteiger partial charge in [-0.05, 0) is 44.4 Å². The van der Waals surface area contributed by atoms with Gasteiger partial charge in [-0.25, -0.2) is 0 Å². The van der Waals surface area contributed by atoms with Gasteiger partial charge in [0, 0.05) is 12.2 Å². The van der Waals surface area contributed by atoms with E-state index in [1.54, 1.807) is 22.9 Å². The van der Waals surface area contributed by atoms with Crippen LogP contribution in [0.5, 0.6) is 0 Å². The Morgan fingerprint density at radius 2 is 2.21 bits per heavy atom. The van der Waals surface area contributed by atoms with Crippen LogP contribution in [0.25, 0.3) is 0 Å². The molecule has 0 fully saturated rings. The summed E-state index contributed by atoms with van der Waals surface area (Å²) in [6.07, 6.45) is 4.47. The maximum absolute atomic E-state index is 12.4. The fraction of sp³-hybridized carbons (Fsp3) is 0.571. The molecule has 19 heavy (non-hydrogen) atoms. The van der Waals surface area contributed by atoms with Gasteiger partial charge >= 0.3 is 0 Å². The number of hydrogen-bond donors (Lipinski definition) is 1. The van der Waals surface area contributed by atoms with Crippen LogP contribution in [0.3, 0.4) is 0 Å². The molecular weight excluding hydrogens is 258 g/mol. The summed E-state index contributed by atoms with van der Waals surface area (Å²) in [5.74, 6) is 0.914. The molecule has 4 nitrogen and oxygen atoms in total. The lowest BCUT2D eigenvalue weighted by atomic mass is 10.1. The lowest BCUT2D eigenvalue weighted by molar-refractivity contribution is -0.135. The van der Waals surface area contributed by atoms with Crippen molar-refractivity contribution in [3.63, 3.8) is 0 Å². The van der Waals surface area contributed by atoms with E-state index in [-0.39, 0.29) is 11.9 Å². The molecule has 1 rings (SSSR count). The first-order chi connectivity index (χ1) is 9.06. The molecule has 5 heteroatoms. The molecule has 0 aliphatic carbocycles. The minimum Gasteiger partial charge on any atom is -0.333 e. The van der Waals surface area contributed by atoms with E-state index in [0.717, 1.165) is 11.4 Å². The fourth-order valence-electron chi connectivity index (χ4n) is 1.76. The highest BCUT2D eigenvalue weighted by molar-refractivity contribution is 7.98. The second kappa shape index (κ2) is 8.17. The Bertz CT molecular complexity index is 384. The molecule has 0 radical (unpaired) electrons. The minimum atomic E-state index is -0.418. The van der Waals surface area contributed by atoms with Crippen LogP contribution in [0.1, 0.15) is 26.0 Å². The number of nitrogens with zero attached hydrogens (tertiary/aromatic N) is 2. The van der Waals surface area contributed by atoms with Crippen LogP contribution in [0, 0.1) is 0 Å². The van der Waals surface area contributed by atoms with Gasteiger partial charge in [-0.3, -0.25) is 9.78 Å². The highest BCUT2D eigenvalue weighted by Gasteiger charge is 2.23. The van der Waals surface area contributed by atoms with Crippen molar-refractivity contribution in [1.29, 1.82) is 0 Å². The van der Waals surface area contributed by atoms with E-state index >= 15 is 0 Å². The third kappa shape index (κ3) is 5.20. The first-order valence-electron chi connectivity index (χ1n) is 6.51. The van der Waals surface area contributed by atoms with Crippen molar-refractivity contribution in [2.24, 2.45) is 5.73 Å². The molecule has 0 saturated carbocycles. The zero-order chi connectivity index (χ0) is 14.3. The van der Waals surface area contributed by atoms with Crippen LogP contribution in [0.4, 0.5) is 0 Å². The highest BCUT2D eigenvalue weighted by atomic mass is 32.2. The molecule has 1 aromatic rings. The predicted molar refractivity (Wildman–Crippen MR) is 80.9 cm³/mol. The molecule has 0 saturated heterocycles. The Morgan fingerprint density at radius 1 is 1.47 bits per heavy atom. The number of carbonyl (C=O) groups is 1. The summed E-state index contributed by atoms with van der Waals surface area (Å²) in [5, 5.41) is 0. The number of hydrogen-bond acceptors (Lipinski definition) is 4. The molecule has 0 aromatic carbocycles. The van der Waals surface area contributed by atoms with E-state index in [1.165, 1.54) is 0 Å². The van der Waals surface area contributed by atoms with E-state index in [0.29, 0.717) is 13.0 Å². The standard InChI is InChI=1S/C14H23N3OS/c1-11(2)17(10-12-6-4-5-8-16-12)14(18)13(15)7-9-19-3/h4-6,8,11,13H,7,9-10,15H2,1-3H3/t13-/m1/s1. The van der Waals surface area contributed by atoms with E-state index < -0.39 is 6.04 Å². The number of amides is 1. The summed E-state index contributed by atoms with van der Waals surface area (Å²) in [4.78, 5) is 18.4. The minimum absolute atomic E-state index is 0.00898. The summed E-state index contributed by atoms with van der Waals surface area (Å²) in [6.45, 7) is 4.52. The average Bonchev–Trinajstić information content (AvgIpc) is 2.42. The zero-order valence-corrected chi connectivity index (χ0v) is 12.7. The van der Waals surface area contributed by atoms with Crippen molar-refractivity contribution in [2.45, 2.75) is 38.9 Å². The van der Waals surface area contributed by atoms with Crippen LogP contribution in [-0.4, -0.2) is 39.9 Å². The lowest BCUT2D eigenvalue weighted by Gasteiger charge is -2.29. The van der Waals surface area contributed by atoms with Crippen LogP contribution in [0.15, 0.2) is 24.4 Å². The molecule has 0 aliphatic rings. The van der Waals surface area contributed by atoms with Crippen LogP contribution in [0.2, 0.25) is 0 Å². The SMILES string of the molecule is CSCC[C@@H](N)C(=O)N(Cc1ccccn1)C(C)C. The zero-order valence-electron chi connectivity index (χ0n) is 11.9. The van der Waals surface area contributed by atoms with Gasteiger partial charge in [0.05, 0.1) is 18.3 Å². The maximum Gasteiger partial charge on any atom is 0.240 e. The Balaban J connectivity index is 2.69. The lowest BCUT2D eigenvalue weighted by Crippen LogP contribution is -2.46. The van der Waals surface area contributed by atoms with Crippen molar-refractivity contribution in [2.75, 3.05) is 12.0 Å². The van der Waals surface area contributed by atoms with Crippen LogP contribution >= 0.6 is 11.8 Å². The van der Waals surface area contributed by atoms with Crippen molar-refractivity contribution < 1.29 is 4.79 Å². The fourth-order valence-corrected chi connectivity index (χ4v) is 2.25. The normalized spacial score (nSPS) is 12.5. The molecule has 0 bridgehead atoms. The monoisotopic (exact) mass is 281 g/mol. The maximum atomic E-state index is 12.4. The van der Waals surface area contributed by atoms with Gasteiger partial charge in [-0.2, -0.15) is 11.8 Å². The van der Waals surface area contributed by atoms with Crippen molar-refractivity contribution >= 4 is 17.7 Å². The van der Waals surface area contributed by atoms with Gasteiger partial charge in [0.15, 0.2) is 0 Å². The molecule has 1 atom stereocenters. The third-order valence-electron chi connectivity index (χ3n) is 2.92. The van der Waals surface area contributed by atoms with Gasteiger partial charge in [-0.1, -0.05) is 6.07 Å². The number of aromatic nitrogens is 1. The Kier molecular flexibility index (Phi) is 6.87. The van der Waals surface area contributed by atoms with Crippen molar-refractivity contribution in [1.82, 2.24) is 9.88 Å². The van der Waals surface area contributed by atoms with Crippen LogP contribution in [-0.2, 0) is 11.3 Å². The van der Waals surface area contributed by atoms with E-state index in [1.807, 2.05) is 38.3 Å². The van der Waals surface area contributed by atoms with Crippen molar-refractivity contribution in [3.05, 3.63) is 30.1 Å². The Labute approximate surface area is 119 Å². The first kappa shape index (κ1) is 16.0. The van der Waals surface area contributed by atoms with Gasteiger partial charge in [-0.15, -0.1) is 0 Å². The molecule has 2 N–H and O–H groups in total. The van der Waals surface area contributed by atoms with E-state index in [2.05, 4.69) is 4.98 Å². The average molecular weight is 281 g/mol. The summed E-state index contributed by atoms with van der Waals surface area (Å²) in [6, 6.07) is 5.43. The quantitative estimate of drug-likeness (QED) is 0.829. The molecular formula is C14H23N3OS. The largest absolute Gasteiger partial charge is 0.333 e. The topological polar surface area (TPSA) is 59.2 Å². The number of carbonyl (C=O) groups excluding carboxylic acids is 1.